The molecule has 0 unspecified atom stereocenters. The van der Waals surface area contributed by atoms with Crippen LogP contribution in [0.25, 0.3) is 0 Å². The molecule has 0 saturated heterocycles. The van der Waals surface area contributed by atoms with E-state index in [4.69, 9.17) is 0 Å². The van der Waals surface area contributed by atoms with E-state index in [0.717, 1.165) is 11.3 Å². The molecule has 0 radical (unpaired) electrons. The Kier molecular flexibility index (Phi) is 4.56. The normalized spacial score (nSPS) is 14.5. The van der Waals surface area contributed by atoms with E-state index in [1.165, 1.54) is 12.8 Å². The summed E-state index contributed by atoms with van der Waals surface area (Å²) in [5.74, 6) is 7.29. The highest BCUT2D eigenvalue weighted by atomic mass is 16.1. The van der Waals surface area contributed by atoms with Crippen LogP contribution in [0.1, 0.15) is 24.8 Å². The number of anilines is 1. The Morgan fingerprint density at radius 3 is 2.32 bits per heavy atom. The first-order valence-electron chi connectivity index (χ1n) is 7.73. The lowest BCUT2D eigenvalue weighted by atomic mass is 9.99. The number of hydrogen-bond acceptors (Lipinski definition) is 1. The molecule has 1 atom stereocenters. The second kappa shape index (κ2) is 6.95. The maximum atomic E-state index is 12.2. The summed E-state index contributed by atoms with van der Waals surface area (Å²) in [7, 11) is 0. The van der Waals surface area contributed by atoms with Gasteiger partial charge < -0.3 is 5.32 Å². The number of amides is 1. The molecule has 3 rings (SSSR count). The van der Waals surface area contributed by atoms with E-state index >= 15 is 0 Å². The third-order valence-corrected chi connectivity index (χ3v) is 3.83. The van der Waals surface area contributed by atoms with Crippen LogP contribution >= 0.6 is 0 Å². The first-order valence-corrected chi connectivity index (χ1v) is 7.73. The molecular formula is C20H19NO. The lowest BCUT2D eigenvalue weighted by Crippen LogP contribution is -2.16. The van der Waals surface area contributed by atoms with Crippen LogP contribution in [0.5, 0.6) is 0 Å². The molecule has 1 N–H and O–H groups in total. The van der Waals surface area contributed by atoms with Crippen LogP contribution in [0.2, 0.25) is 0 Å². The molecule has 0 bridgehead atoms. The van der Waals surface area contributed by atoms with Gasteiger partial charge in [0.15, 0.2) is 0 Å². The van der Waals surface area contributed by atoms with Gasteiger partial charge in [0.05, 0.1) is 0 Å². The number of para-hydroxylation sites is 1. The quantitative estimate of drug-likeness (QED) is 0.844. The molecule has 22 heavy (non-hydrogen) atoms. The minimum Gasteiger partial charge on any atom is -0.326 e. The van der Waals surface area contributed by atoms with E-state index < -0.39 is 0 Å². The zero-order valence-electron chi connectivity index (χ0n) is 12.5. The highest BCUT2D eigenvalue weighted by Crippen LogP contribution is 2.38. The first kappa shape index (κ1) is 14.4. The minimum atomic E-state index is 0.0467. The summed E-state index contributed by atoms with van der Waals surface area (Å²) < 4.78 is 0. The molecule has 0 aliphatic heterocycles. The van der Waals surface area contributed by atoms with Crippen molar-refractivity contribution in [3.05, 3.63) is 66.2 Å². The molecule has 0 heterocycles. The van der Waals surface area contributed by atoms with Gasteiger partial charge in [0.1, 0.15) is 0 Å². The fraction of sp³-hybridized carbons (Fsp3) is 0.250. The Hall–Kier alpha value is -2.53. The smallest absolute Gasteiger partial charge is 0.225 e. The molecule has 2 heteroatoms. The Balaban J connectivity index is 1.63. The molecule has 1 saturated carbocycles. The van der Waals surface area contributed by atoms with Crippen LogP contribution < -0.4 is 5.32 Å². The largest absolute Gasteiger partial charge is 0.326 e. The summed E-state index contributed by atoms with van der Waals surface area (Å²) in [5, 5.41) is 2.95. The Labute approximate surface area is 131 Å². The number of hydrogen-bond donors (Lipinski definition) is 1. The summed E-state index contributed by atoms with van der Waals surface area (Å²) in [5.41, 5.74) is 1.86. The number of nitrogens with one attached hydrogen (secondary N) is 1. The lowest BCUT2D eigenvalue weighted by molar-refractivity contribution is -0.116. The van der Waals surface area contributed by atoms with Crippen molar-refractivity contribution >= 4 is 11.6 Å². The Bertz CT molecular complexity index is 678. The highest BCUT2D eigenvalue weighted by Gasteiger charge is 2.31. The zero-order valence-corrected chi connectivity index (χ0v) is 12.5. The minimum absolute atomic E-state index is 0.0467. The van der Waals surface area contributed by atoms with E-state index in [9.17, 15) is 4.79 Å². The van der Waals surface area contributed by atoms with E-state index in [-0.39, 0.29) is 11.8 Å². The Morgan fingerprint density at radius 2 is 1.68 bits per heavy atom. The average Bonchev–Trinajstić information content (AvgIpc) is 3.38. The average molecular weight is 289 g/mol. The third kappa shape index (κ3) is 4.23. The highest BCUT2D eigenvalue weighted by molar-refractivity contribution is 5.91. The summed E-state index contributed by atoms with van der Waals surface area (Å²) in [6.07, 6.45) is 2.85. The summed E-state index contributed by atoms with van der Waals surface area (Å²) in [6.45, 7) is 0. The van der Waals surface area contributed by atoms with E-state index in [1.54, 1.807) is 0 Å². The summed E-state index contributed by atoms with van der Waals surface area (Å²) >= 11 is 0. The Morgan fingerprint density at radius 1 is 1.05 bits per heavy atom. The topological polar surface area (TPSA) is 29.1 Å². The van der Waals surface area contributed by atoms with Crippen molar-refractivity contribution in [2.75, 3.05) is 5.32 Å². The van der Waals surface area contributed by atoms with Crippen molar-refractivity contribution in [1.82, 2.24) is 0 Å². The predicted octanol–water partition coefficient (Wildman–Crippen LogP) is 4.09. The van der Waals surface area contributed by atoms with Crippen molar-refractivity contribution in [3.8, 4) is 11.8 Å². The van der Waals surface area contributed by atoms with Crippen molar-refractivity contribution in [3.63, 3.8) is 0 Å². The number of rotatable bonds is 4. The third-order valence-electron chi connectivity index (χ3n) is 3.83. The molecule has 0 spiro atoms. The van der Waals surface area contributed by atoms with Gasteiger partial charge in [0.25, 0.3) is 0 Å². The van der Waals surface area contributed by atoms with Crippen LogP contribution in [0, 0.1) is 23.7 Å². The van der Waals surface area contributed by atoms with Gasteiger partial charge in [-0.15, -0.1) is 0 Å². The number of benzene rings is 2. The standard InChI is InChI=1S/C20H19NO/c22-20(21-19-9-5-2-6-10-19)15-18(17-13-14-17)12-11-16-7-3-1-4-8-16/h1-10,17-18H,13-15H2,(H,21,22)/t18-/m1/s1. The maximum Gasteiger partial charge on any atom is 0.225 e. The molecule has 1 aliphatic rings. The van der Waals surface area contributed by atoms with Gasteiger partial charge in [-0.3, -0.25) is 4.79 Å². The van der Waals surface area contributed by atoms with Crippen LogP contribution in [0.3, 0.4) is 0 Å². The van der Waals surface area contributed by atoms with Crippen LogP contribution in [0.15, 0.2) is 60.7 Å². The zero-order chi connectivity index (χ0) is 15.2. The van der Waals surface area contributed by atoms with Gasteiger partial charge in [-0.2, -0.15) is 0 Å². The van der Waals surface area contributed by atoms with Gasteiger partial charge >= 0.3 is 0 Å². The summed E-state index contributed by atoms with van der Waals surface area (Å²) in [4.78, 5) is 12.2. The van der Waals surface area contributed by atoms with E-state index in [1.807, 2.05) is 60.7 Å². The molecule has 2 nitrogen and oxygen atoms in total. The molecule has 2 aromatic rings. The van der Waals surface area contributed by atoms with Crippen LogP contribution in [-0.2, 0) is 4.79 Å². The molecule has 1 fully saturated rings. The second-order valence-corrected chi connectivity index (χ2v) is 5.70. The number of carbonyl (C=O) groups excluding carboxylic acids is 1. The van der Waals surface area contributed by atoms with Crippen molar-refractivity contribution in [2.24, 2.45) is 11.8 Å². The van der Waals surface area contributed by atoms with Crippen molar-refractivity contribution in [1.29, 1.82) is 0 Å². The van der Waals surface area contributed by atoms with Crippen molar-refractivity contribution in [2.45, 2.75) is 19.3 Å². The molecule has 1 aliphatic carbocycles. The van der Waals surface area contributed by atoms with E-state index in [0.29, 0.717) is 12.3 Å². The number of carbonyl (C=O) groups is 1. The summed E-state index contributed by atoms with van der Waals surface area (Å²) in [6, 6.07) is 19.5. The molecule has 110 valence electrons. The van der Waals surface area contributed by atoms with Gasteiger partial charge in [-0.1, -0.05) is 48.2 Å². The van der Waals surface area contributed by atoms with E-state index in [2.05, 4.69) is 17.2 Å². The predicted molar refractivity (Wildman–Crippen MR) is 89.2 cm³/mol. The lowest BCUT2D eigenvalue weighted by Gasteiger charge is -2.10. The maximum absolute atomic E-state index is 12.2. The monoisotopic (exact) mass is 289 g/mol. The van der Waals surface area contributed by atoms with Crippen LogP contribution in [-0.4, -0.2) is 5.91 Å². The molecule has 1 amide bonds. The van der Waals surface area contributed by atoms with Crippen LogP contribution in [0.4, 0.5) is 5.69 Å². The van der Waals surface area contributed by atoms with Crippen molar-refractivity contribution < 1.29 is 4.79 Å². The molecular weight excluding hydrogens is 270 g/mol. The second-order valence-electron chi connectivity index (χ2n) is 5.70. The fourth-order valence-electron chi connectivity index (χ4n) is 2.46. The molecule has 2 aromatic carbocycles. The first-order chi connectivity index (χ1) is 10.8. The van der Waals surface area contributed by atoms with Gasteiger partial charge in [-0.25, -0.2) is 0 Å². The van der Waals surface area contributed by atoms with Gasteiger partial charge in [-0.05, 0) is 43.0 Å². The molecule has 0 aromatic heterocycles. The van der Waals surface area contributed by atoms with Gasteiger partial charge in [0.2, 0.25) is 5.91 Å². The SMILES string of the molecule is O=C(C[C@@H](C#Cc1ccccc1)C1CC1)Nc1ccccc1. The fourth-order valence-corrected chi connectivity index (χ4v) is 2.46. The van der Waals surface area contributed by atoms with Gasteiger partial charge in [0, 0.05) is 23.6 Å².